The van der Waals surface area contributed by atoms with E-state index in [1.165, 1.54) is 23.1 Å². The molecule has 1 aliphatic rings. The molecule has 3 rings (SSSR count). The Morgan fingerprint density at radius 3 is 2.57 bits per heavy atom. The molecule has 0 fully saturated rings. The Kier molecular flexibility index (Phi) is 6.18. The highest BCUT2D eigenvalue weighted by Gasteiger charge is 2.28. The van der Waals surface area contributed by atoms with Gasteiger partial charge in [-0.05, 0) is 36.8 Å². The van der Waals surface area contributed by atoms with Crippen molar-refractivity contribution in [3.63, 3.8) is 0 Å². The molecule has 148 valence electrons. The Morgan fingerprint density at radius 1 is 1.18 bits per heavy atom. The first-order chi connectivity index (χ1) is 13.5. The SMILES string of the molecule is CCNC(=O)N(Cc1ccc(F)cc1)C[C@@H]1CC(c2ccc(F)cc2F)=NO1. The molecule has 0 saturated carbocycles. The first kappa shape index (κ1) is 19.7. The summed E-state index contributed by atoms with van der Waals surface area (Å²) < 4.78 is 40.2. The Labute approximate surface area is 160 Å². The van der Waals surface area contributed by atoms with Crippen LogP contribution < -0.4 is 5.32 Å². The number of benzene rings is 2. The molecule has 1 atom stereocenters. The lowest BCUT2D eigenvalue weighted by molar-refractivity contribution is 0.0590. The van der Waals surface area contributed by atoms with Gasteiger partial charge in [-0.2, -0.15) is 0 Å². The number of hydrogen-bond donors (Lipinski definition) is 1. The number of oxime groups is 1. The van der Waals surface area contributed by atoms with E-state index in [-0.39, 0.29) is 36.9 Å². The summed E-state index contributed by atoms with van der Waals surface area (Å²) in [6.07, 6.45) is -0.190. The molecular weight excluding hydrogens is 371 g/mol. The Bertz CT molecular complexity index is 871. The molecular formula is C20H20F3N3O2. The number of nitrogens with zero attached hydrogens (tertiary/aromatic N) is 2. The molecule has 0 saturated heterocycles. The largest absolute Gasteiger partial charge is 0.390 e. The van der Waals surface area contributed by atoms with E-state index in [0.717, 1.165) is 17.7 Å². The Balaban J connectivity index is 1.67. The van der Waals surface area contributed by atoms with Gasteiger partial charge in [0, 0.05) is 31.1 Å². The minimum Gasteiger partial charge on any atom is -0.390 e. The van der Waals surface area contributed by atoms with Crippen LogP contribution in [0.4, 0.5) is 18.0 Å². The number of halogens is 3. The van der Waals surface area contributed by atoms with Crippen molar-refractivity contribution in [2.24, 2.45) is 5.16 Å². The van der Waals surface area contributed by atoms with Crippen LogP contribution in [0.5, 0.6) is 0 Å². The third kappa shape index (κ3) is 4.82. The lowest BCUT2D eigenvalue weighted by atomic mass is 10.0. The van der Waals surface area contributed by atoms with Crippen molar-refractivity contribution < 1.29 is 22.8 Å². The van der Waals surface area contributed by atoms with Gasteiger partial charge in [0.1, 0.15) is 17.5 Å². The van der Waals surface area contributed by atoms with Crippen molar-refractivity contribution in [1.82, 2.24) is 10.2 Å². The highest BCUT2D eigenvalue weighted by molar-refractivity contribution is 6.01. The molecule has 2 amide bonds. The van der Waals surface area contributed by atoms with Crippen LogP contribution in [0.25, 0.3) is 0 Å². The zero-order chi connectivity index (χ0) is 20.1. The maximum atomic E-state index is 14.0. The molecule has 0 unspecified atom stereocenters. The summed E-state index contributed by atoms with van der Waals surface area (Å²) in [5, 5.41) is 6.63. The van der Waals surface area contributed by atoms with Crippen LogP contribution in [0.2, 0.25) is 0 Å². The average molecular weight is 391 g/mol. The summed E-state index contributed by atoms with van der Waals surface area (Å²) >= 11 is 0. The van der Waals surface area contributed by atoms with Crippen molar-refractivity contribution in [2.45, 2.75) is 26.0 Å². The second-order valence-corrected chi connectivity index (χ2v) is 6.44. The monoisotopic (exact) mass is 391 g/mol. The predicted molar refractivity (Wildman–Crippen MR) is 98.3 cm³/mol. The smallest absolute Gasteiger partial charge is 0.317 e. The van der Waals surface area contributed by atoms with E-state index in [2.05, 4.69) is 10.5 Å². The zero-order valence-corrected chi connectivity index (χ0v) is 15.3. The molecule has 5 nitrogen and oxygen atoms in total. The van der Waals surface area contributed by atoms with Crippen LogP contribution in [0.3, 0.4) is 0 Å². The Morgan fingerprint density at radius 2 is 1.89 bits per heavy atom. The molecule has 1 heterocycles. The van der Waals surface area contributed by atoms with Gasteiger partial charge in [-0.25, -0.2) is 18.0 Å². The molecule has 0 aromatic heterocycles. The summed E-state index contributed by atoms with van der Waals surface area (Å²) in [5.74, 6) is -1.74. The Hall–Kier alpha value is -3.03. The van der Waals surface area contributed by atoms with Gasteiger partial charge < -0.3 is 15.1 Å². The lowest BCUT2D eigenvalue weighted by Crippen LogP contribution is -2.43. The molecule has 2 aromatic rings. The van der Waals surface area contributed by atoms with E-state index in [4.69, 9.17) is 4.84 Å². The van der Waals surface area contributed by atoms with Crippen molar-refractivity contribution >= 4 is 11.7 Å². The van der Waals surface area contributed by atoms with Gasteiger partial charge >= 0.3 is 6.03 Å². The van der Waals surface area contributed by atoms with E-state index >= 15 is 0 Å². The maximum Gasteiger partial charge on any atom is 0.317 e. The second kappa shape index (κ2) is 8.77. The van der Waals surface area contributed by atoms with Gasteiger partial charge in [-0.15, -0.1) is 0 Å². The number of hydrogen-bond acceptors (Lipinski definition) is 3. The summed E-state index contributed by atoms with van der Waals surface area (Å²) in [4.78, 5) is 19.3. The number of nitrogens with one attached hydrogen (secondary N) is 1. The van der Waals surface area contributed by atoms with Crippen LogP contribution in [0, 0.1) is 17.5 Å². The summed E-state index contributed by atoms with van der Waals surface area (Å²) in [6.45, 7) is 2.72. The molecule has 28 heavy (non-hydrogen) atoms. The molecule has 1 N–H and O–H groups in total. The predicted octanol–water partition coefficient (Wildman–Crippen LogP) is 3.83. The van der Waals surface area contributed by atoms with Crippen LogP contribution in [0.15, 0.2) is 47.6 Å². The van der Waals surface area contributed by atoms with Gasteiger partial charge in [-0.3, -0.25) is 0 Å². The molecule has 0 aliphatic carbocycles. The minimum absolute atomic E-state index is 0.173. The normalized spacial score (nSPS) is 15.7. The lowest BCUT2D eigenvalue weighted by Gasteiger charge is -2.25. The van der Waals surface area contributed by atoms with E-state index in [1.54, 1.807) is 19.1 Å². The fraction of sp³-hybridized carbons (Fsp3) is 0.300. The number of amides is 2. The molecule has 0 bridgehead atoms. The van der Waals surface area contributed by atoms with Crippen LogP contribution in [-0.2, 0) is 11.4 Å². The zero-order valence-electron chi connectivity index (χ0n) is 15.3. The van der Waals surface area contributed by atoms with E-state index in [9.17, 15) is 18.0 Å². The topological polar surface area (TPSA) is 53.9 Å². The van der Waals surface area contributed by atoms with Crippen LogP contribution >= 0.6 is 0 Å². The van der Waals surface area contributed by atoms with Crippen molar-refractivity contribution in [3.05, 3.63) is 71.0 Å². The van der Waals surface area contributed by atoms with Gasteiger partial charge in [0.15, 0.2) is 6.10 Å². The number of carbonyl (C=O) groups is 1. The fourth-order valence-corrected chi connectivity index (χ4v) is 2.95. The molecule has 0 spiro atoms. The summed E-state index contributed by atoms with van der Waals surface area (Å²) in [7, 11) is 0. The quantitative estimate of drug-likeness (QED) is 0.814. The third-order valence-electron chi connectivity index (χ3n) is 4.30. The second-order valence-electron chi connectivity index (χ2n) is 6.44. The van der Waals surface area contributed by atoms with Crippen LogP contribution in [-0.4, -0.2) is 35.8 Å². The number of rotatable bonds is 6. The third-order valence-corrected chi connectivity index (χ3v) is 4.30. The van der Waals surface area contributed by atoms with Crippen molar-refractivity contribution in [1.29, 1.82) is 0 Å². The summed E-state index contributed by atoms with van der Waals surface area (Å²) in [6, 6.07) is 8.84. The standard InChI is InChI=1S/C20H20F3N3O2/c1-2-24-20(27)26(11-13-3-5-14(21)6-4-13)12-16-10-19(25-28-16)17-8-7-15(22)9-18(17)23/h3-9,16H,2,10-12H2,1H3,(H,24,27)/t16-/m0/s1. The van der Waals surface area contributed by atoms with Crippen LogP contribution in [0.1, 0.15) is 24.5 Å². The molecule has 2 aromatic carbocycles. The van der Waals surface area contributed by atoms with E-state index < -0.39 is 17.7 Å². The summed E-state index contributed by atoms with van der Waals surface area (Å²) in [5.41, 5.74) is 1.29. The van der Waals surface area contributed by atoms with Gasteiger partial charge in [0.2, 0.25) is 0 Å². The fourth-order valence-electron chi connectivity index (χ4n) is 2.95. The van der Waals surface area contributed by atoms with Gasteiger partial charge in [-0.1, -0.05) is 17.3 Å². The van der Waals surface area contributed by atoms with Crippen molar-refractivity contribution in [3.8, 4) is 0 Å². The first-order valence-corrected chi connectivity index (χ1v) is 8.91. The first-order valence-electron chi connectivity index (χ1n) is 8.91. The van der Waals surface area contributed by atoms with E-state index in [0.29, 0.717) is 12.3 Å². The van der Waals surface area contributed by atoms with Gasteiger partial charge in [0.05, 0.1) is 12.3 Å². The minimum atomic E-state index is -0.713. The number of carbonyl (C=O) groups excluding carboxylic acids is 1. The highest BCUT2D eigenvalue weighted by Crippen LogP contribution is 2.21. The molecule has 8 heteroatoms. The molecule has 0 radical (unpaired) electrons. The van der Waals surface area contributed by atoms with Gasteiger partial charge in [0.25, 0.3) is 0 Å². The van der Waals surface area contributed by atoms with Crippen molar-refractivity contribution in [2.75, 3.05) is 13.1 Å². The average Bonchev–Trinajstić information content (AvgIpc) is 3.11. The number of urea groups is 1. The maximum absolute atomic E-state index is 14.0. The van der Waals surface area contributed by atoms with E-state index in [1.807, 2.05) is 0 Å². The molecule has 1 aliphatic heterocycles. The highest BCUT2D eigenvalue weighted by atomic mass is 19.1.